The van der Waals surface area contributed by atoms with Crippen molar-refractivity contribution in [2.45, 2.75) is 44.9 Å². The molecule has 0 radical (unpaired) electrons. The van der Waals surface area contributed by atoms with Crippen LogP contribution in [0.2, 0.25) is 0 Å². The molecule has 2 rings (SSSR count). The number of halogens is 1. The maximum absolute atomic E-state index is 11.3. The lowest BCUT2D eigenvalue weighted by Gasteiger charge is -2.17. The Kier molecular flexibility index (Phi) is 5.08. The van der Waals surface area contributed by atoms with Gasteiger partial charge in [0.1, 0.15) is 0 Å². The van der Waals surface area contributed by atoms with Gasteiger partial charge in [-0.25, -0.2) is 0 Å². The van der Waals surface area contributed by atoms with Crippen LogP contribution in [0.1, 0.15) is 50.5 Å². The van der Waals surface area contributed by atoms with Gasteiger partial charge in [0.05, 0.1) is 0 Å². The molecule has 1 aliphatic heterocycles. The number of rotatable bonds is 7. The first-order chi connectivity index (χ1) is 9.22. The summed E-state index contributed by atoms with van der Waals surface area (Å²) in [4.78, 5) is 11.3. The number of ether oxygens (including phenoxy) is 2. The summed E-state index contributed by atoms with van der Waals surface area (Å²) in [6.45, 7) is 2.42. The molecule has 0 fully saturated rings. The molecule has 0 N–H and O–H groups in total. The molecule has 0 aromatic heterocycles. The molecule has 1 aromatic carbocycles. The van der Waals surface area contributed by atoms with Crippen molar-refractivity contribution in [1.82, 2.24) is 0 Å². The molecule has 1 unspecified atom stereocenters. The minimum Gasteiger partial charge on any atom is -0.454 e. The van der Waals surface area contributed by atoms with E-state index in [9.17, 15) is 4.79 Å². The maximum Gasteiger partial charge on any atom is 0.231 e. The monoisotopic (exact) mass is 282 g/mol. The van der Waals surface area contributed by atoms with Crippen molar-refractivity contribution in [2.75, 3.05) is 6.79 Å². The van der Waals surface area contributed by atoms with Crippen molar-refractivity contribution < 1.29 is 14.3 Å². The number of hydrogen-bond acceptors (Lipinski definition) is 3. The third-order valence-electron chi connectivity index (χ3n) is 3.43. The van der Waals surface area contributed by atoms with E-state index in [0.29, 0.717) is 6.42 Å². The zero-order chi connectivity index (χ0) is 13.7. The van der Waals surface area contributed by atoms with Crippen LogP contribution in [0.3, 0.4) is 0 Å². The number of unbranched alkanes of at least 4 members (excludes halogenated alkanes) is 2. The Labute approximate surface area is 118 Å². The lowest BCUT2D eigenvalue weighted by Crippen LogP contribution is -2.05. The highest BCUT2D eigenvalue weighted by molar-refractivity contribution is 6.63. The average Bonchev–Trinajstić information content (AvgIpc) is 2.85. The van der Waals surface area contributed by atoms with Gasteiger partial charge in [-0.05, 0) is 30.0 Å². The summed E-state index contributed by atoms with van der Waals surface area (Å²) in [5, 5.41) is -0.294. The van der Waals surface area contributed by atoms with Crippen LogP contribution in [0, 0.1) is 0 Å². The van der Waals surface area contributed by atoms with Crippen molar-refractivity contribution in [3.63, 3.8) is 0 Å². The van der Waals surface area contributed by atoms with E-state index in [4.69, 9.17) is 21.1 Å². The summed E-state index contributed by atoms with van der Waals surface area (Å²) < 4.78 is 10.9. The Morgan fingerprint density at radius 2 is 2.21 bits per heavy atom. The second-order valence-electron chi connectivity index (χ2n) is 4.83. The molecule has 1 heterocycles. The third-order valence-corrected chi connectivity index (χ3v) is 3.58. The van der Waals surface area contributed by atoms with Crippen LogP contribution in [0.5, 0.6) is 11.5 Å². The largest absolute Gasteiger partial charge is 0.454 e. The zero-order valence-electron chi connectivity index (χ0n) is 11.2. The number of benzene rings is 1. The van der Waals surface area contributed by atoms with Gasteiger partial charge >= 0.3 is 0 Å². The van der Waals surface area contributed by atoms with Gasteiger partial charge in [-0.3, -0.25) is 4.79 Å². The van der Waals surface area contributed by atoms with Crippen molar-refractivity contribution in [2.24, 2.45) is 0 Å². The summed E-state index contributed by atoms with van der Waals surface area (Å²) in [5.41, 5.74) is 1.04. The number of carbonyl (C=O) groups excluding carboxylic acids is 1. The molecule has 3 nitrogen and oxygen atoms in total. The first-order valence-corrected chi connectivity index (χ1v) is 7.17. The Bertz CT molecular complexity index is 445. The fourth-order valence-corrected chi connectivity index (χ4v) is 2.66. The lowest BCUT2D eigenvalue weighted by atomic mass is 9.90. The van der Waals surface area contributed by atoms with Crippen molar-refractivity contribution in [3.05, 3.63) is 23.8 Å². The van der Waals surface area contributed by atoms with E-state index >= 15 is 0 Å². The minimum absolute atomic E-state index is 0.119. The van der Waals surface area contributed by atoms with Crippen LogP contribution in [0.25, 0.3) is 0 Å². The quantitative estimate of drug-likeness (QED) is 0.554. The van der Waals surface area contributed by atoms with Gasteiger partial charge in [0.2, 0.25) is 12.0 Å². The standard InChI is InChI=1S/C15H19ClO3/c1-2-3-4-6-11(9-14(16)17)12-7-5-8-13-15(12)19-10-18-13/h5,7-8,11H,2-4,6,9-10H2,1H3. The van der Waals surface area contributed by atoms with Gasteiger partial charge in [-0.15, -0.1) is 0 Å². The van der Waals surface area contributed by atoms with Gasteiger partial charge < -0.3 is 9.47 Å². The van der Waals surface area contributed by atoms with Gasteiger partial charge in [-0.2, -0.15) is 0 Å². The molecule has 1 aliphatic rings. The molecule has 104 valence electrons. The highest BCUT2D eigenvalue weighted by Gasteiger charge is 2.24. The summed E-state index contributed by atoms with van der Waals surface area (Å²) in [5.74, 6) is 1.66. The molecule has 0 bridgehead atoms. The predicted molar refractivity (Wildman–Crippen MR) is 74.9 cm³/mol. The van der Waals surface area contributed by atoms with Crippen LogP contribution >= 0.6 is 11.6 Å². The molecular weight excluding hydrogens is 264 g/mol. The lowest BCUT2D eigenvalue weighted by molar-refractivity contribution is -0.112. The van der Waals surface area contributed by atoms with E-state index in [-0.39, 0.29) is 18.0 Å². The first kappa shape index (κ1) is 14.2. The van der Waals surface area contributed by atoms with E-state index in [1.54, 1.807) is 0 Å². The molecule has 0 saturated carbocycles. The predicted octanol–water partition coefficient (Wildman–Crippen LogP) is 4.23. The number of fused-ring (bicyclic) bond motifs is 1. The molecule has 19 heavy (non-hydrogen) atoms. The highest BCUT2D eigenvalue weighted by Crippen LogP contribution is 2.41. The zero-order valence-corrected chi connectivity index (χ0v) is 11.9. The summed E-state index contributed by atoms with van der Waals surface area (Å²) in [6.07, 6.45) is 4.72. The van der Waals surface area contributed by atoms with Gasteiger partial charge in [-0.1, -0.05) is 38.3 Å². The van der Waals surface area contributed by atoms with E-state index in [1.165, 1.54) is 6.42 Å². The molecule has 4 heteroatoms. The van der Waals surface area contributed by atoms with Crippen LogP contribution in [0.15, 0.2) is 18.2 Å². The van der Waals surface area contributed by atoms with Crippen LogP contribution in [-0.2, 0) is 4.79 Å². The Morgan fingerprint density at radius 1 is 1.37 bits per heavy atom. The number of hydrogen-bond donors (Lipinski definition) is 0. The van der Waals surface area contributed by atoms with Crippen LogP contribution < -0.4 is 9.47 Å². The second-order valence-corrected chi connectivity index (χ2v) is 5.25. The topological polar surface area (TPSA) is 35.5 Å². The molecule has 1 aromatic rings. The number of carbonyl (C=O) groups is 1. The van der Waals surface area contributed by atoms with E-state index in [0.717, 1.165) is 36.3 Å². The fourth-order valence-electron chi connectivity index (χ4n) is 2.48. The first-order valence-electron chi connectivity index (χ1n) is 6.79. The minimum atomic E-state index is -0.294. The molecule has 0 saturated heterocycles. The second kappa shape index (κ2) is 6.80. The normalized spacial score (nSPS) is 14.4. The Balaban J connectivity index is 2.17. The van der Waals surface area contributed by atoms with Gasteiger partial charge in [0.25, 0.3) is 0 Å². The van der Waals surface area contributed by atoms with E-state index in [2.05, 4.69) is 6.92 Å². The molecule has 0 amide bonds. The van der Waals surface area contributed by atoms with Crippen molar-refractivity contribution in [1.29, 1.82) is 0 Å². The molecule has 0 aliphatic carbocycles. The third kappa shape index (κ3) is 3.63. The molecule has 1 atom stereocenters. The van der Waals surface area contributed by atoms with Crippen molar-refractivity contribution >= 4 is 16.8 Å². The van der Waals surface area contributed by atoms with E-state index in [1.807, 2.05) is 18.2 Å². The molecular formula is C15H19ClO3. The number of para-hydroxylation sites is 1. The Morgan fingerprint density at radius 3 is 2.95 bits per heavy atom. The maximum atomic E-state index is 11.3. The average molecular weight is 283 g/mol. The smallest absolute Gasteiger partial charge is 0.231 e. The summed E-state index contributed by atoms with van der Waals surface area (Å²) >= 11 is 5.58. The fraction of sp³-hybridized carbons (Fsp3) is 0.533. The summed E-state index contributed by atoms with van der Waals surface area (Å²) in [6, 6.07) is 5.83. The van der Waals surface area contributed by atoms with Gasteiger partial charge in [0, 0.05) is 12.0 Å². The Hall–Kier alpha value is -1.22. The van der Waals surface area contributed by atoms with Gasteiger partial charge in [0.15, 0.2) is 11.5 Å². The van der Waals surface area contributed by atoms with Crippen molar-refractivity contribution in [3.8, 4) is 11.5 Å². The van der Waals surface area contributed by atoms with Crippen LogP contribution in [-0.4, -0.2) is 12.0 Å². The van der Waals surface area contributed by atoms with Crippen LogP contribution in [0.4, 0.5) is 0 Å². The molecule has 0 spiro atoms. The summed E-state index contributed by atoms with van der Waals surface area (Å²) in [7, 11) is 0. The van der Waals surface area contributed by atoms with E-state index < -0.39 is 0 Å². The highest BCUT2D eigenvalue weighted by atomic mass is 35.5. The SMILES string of the molecule is CCCCCC(CC(=O)Cl)c1cccc2c1OCO2.